The van der Waals surface area contributed by atoms with Crippen molar-refractivity contribution in [3.05, 3.63) is 24.2 Å². The van der Waals surface area contributed by atoms with Crippen molar-refractivity contribution in [1.82, 2.24) is 30.3 Å². The lowest BCUT2D eigenvalue weighted by Gasteiger charge is -2.33. The first kappa shape index (κ1) is 17.6. The quantitative estimate of drug-likeness (QED) is 0.757. The van der Waals surface area contributed by atoms with Gasteiger partial charge in [0.1, 0.15) is 5.52 Å². The number of amides is 1. The molecule has 1 saturated heterocycles. The summed E-state index contributed by atoms with van der Waals surface area (Å²) in [4.78, 5) is 17.9. The van der Waals surface area contributed by atoms with Crippen molar-refractivity contribution >= 4 is 27.8 Å². The third kappa shape index (κ3) is 3.56. The van der Waals surface area contributed by atoms with Crippen molar-refractivity contribution in [2.24, 2.45) is 0 Å². The van der Waals surface area contributed by atoms with Crippen LogP contribution in [0, 0.1) is 0 Å². The Morgan fingerprint density at radius 1 is 1.33 bits per heavy atom. The number of piperidine rings is 1. The molecule has 1 N–H and O–H groups in total. The van der Waals surface area contributed by atoms with E-state index >= 15 is 0 Å². The van der Waals surface area contributed by atoms with Crippen LogP contribution in [0.4, 0.5) is 13.2 Å². The van der Waals surface area contributed by atoms with E-state index in [1.54, 1.807) is 12.4 Å². The molecule has 1 fully saturated rings. The molecule has 0 spiro atoms. The largest absolute Gasteiger partial charge is 0.389 e. The molecule has 3 aromatic rings. The highest BCUT2D eigenvalue weighted by atomic mass is 19.4. The number of halogens is 3. The minimum atomic E-state index is -4.33. The third-order valence-corrected chi connectivity index (χ3v) is 4.90. The van der Waals surface area contributed by atoms with Gasteiger partial charge in [0.2, 0.25) is 5.91 Å². The van der Waals surface area contributed by atoms with Gasteiger partial charge < -0.3 is 4.90 Å². The zero-order chi connectivity index (χ0) is 19.0. The van der Waals surface area contributed by atoms with Crippen LogP contribution in [-0.2, 0) is 4.79 Å². The van der Waals surface area contributed by atoms with Gasteiger partial charge in [0.25, 0.3) is 0 Å². The van der Waals surface area contributed by atoms with E-state index in [9.17, 15) is 18.0 Å². The molecule has 1 atom stereocenters. The number of hydrogen-bond acceptors (Lipinski definition) is 5. The fourth-order valence-corrected chi connectivity index (χ4v) is 3.62. The Morgan fingerprint density at radius 3 is 3.00 bits per heavy atom. The van der Waals surface area contributed by atoms with Crippen LogP contribution in [0.25, 0.3) is 21.9 Å². The highest BCUT2D eigenvalue weighted by molar-refractivity contribution is 6.03. The maximum absolute atomic E-state index is 12.4. The van der Waals surface area contributed by atoms with Gasteiger partial charge in [-0.15, -0.1) is 10.2 Å². The van der Waals surface area contributed by atoms with Crippen LogP contribution in [0.2, 0.25) is 0 Å². The topological polar surface area (TPSA) is 87.7 Å². The van der Waals surface area contributed by atoms with Crippen LogP contribution in [0.15, 0.2) is 18.5 Å². The lowest BCUT2D eigenvalue weighted by atomic mass is 9.91. The molecule has 10 heteroatoms. The Morgan fingerprint density at radius 2 is 2.19 bits per heavy atom. The molecule has 4 rings (SSSR count). The number of aromatic amines is 1. The number of hydrogen-bond donors (Lipinski definition) is 1. The Balaban J connectivity index is 1.62. The molecule has 0 aliphatic carbocycles. The van der Waals surface area contributed by atoms with Gasteiger partial charge in [-0.1, -0.05) is 0 Å². The molecule has 27 heavy (non-hydrogen) atoms. The van der Waals surface area contributed by atoms with Gasteiger partial charge in [0.15, 0.2) is 5.65 Å². The fourth-order valence-electron chi connectivity index (χ4n) is 3.62. The van der Waals surface area contributed by atoms with Gasteiger partial charge >= 0.3 is 6.18 Å². The van der Waals surface area contributed by atoms with Gasteiger partial charge in [-0.25, -0.2) is 4.98 Å². The molecule has 0 saturated carbocycles. The molecule has 0 radical (unpaired) electrons. The average molecular weight is 378 g/mol. The summed E-state index contributed by atoms with van der Waals surface area (Å²) in [7, 11) is 0. The standard InChI is InChI=1S/C17H17F3N6O/c18-17(19,20)5-3-13(27)26-7-1-2-10(9-26)15-14-11-4-6-21-16(11)25-23-12(14)8-22-24-15/h4,6,8,10,24H,1-3,5,7,9H2. The highest BCUT2D eigenvalue weighted by Gasteiger charge is 2.31. The Labute approximate surface area is 152 Å². The molecule has 3 aromatic heterocycles. The predicted octanol–water partition coefficient (Wildman–Crippen LogP) is 2.95. The second-order valence-corrected chi connectivity index (χ2v) is 6.72. The summed E-state index contributed by atoms with van der Waals surface area (Å²) in [6, 6.07) is 1.85. The van der Waals surface area contributed by atoms with E-state index < -0.39 is 24.9 Å². The fraction of sp³-hybridized carbons (Fsp3) is 0.471. The van der Waals surface area contributed by atoms with Crippen LogP contribution < -0.4 is 0 Å². The Hall–Kier alpha value is -2.78. The first-order valence-electron chi connectivity index (χ1n) is 8.71. The summed E-state index contributed by atoms with van der Waals surface area (Å²) in [5, 5.41) is 17.0. The molecule has 0 aromatic carbocycles. The number of nitrogens with zero attached hydrogens (tertiary/aromatic N) is 5. The summed E-state index contributed by atoms with van der Waals surface area (Å²) < 4.78 is 37.2. The minimum absolute atomic E-state index is 0.0629. The second kappa shape index (κ2) is 6.75. The van der Waals surface area contributed by atoms with E-state index in [0.717, 1.165) is 22.9 Å². The number of carbonyl (C=O) groups is 1. The smallest absolute Gasteiger partial charge is 0.342 e. The van der Waals surface area contributed by atoms with Crippen LogP contribution in [-0.4, -0.2) is 55.5 Å². The molecular weight excluding hydrogens is 361 g/mol. The maximum Gasteiger partial charge on any atom is 0.389 e. The summed E-state index contributed by atoms with van der Waals surface area (Å²) in [5.74, 6) is -0.530. The van der Waals surface area contributed by atoms with Crippen molar-refractivity contribution < 1.29 is 18.0 Å². The highest BCUT2D eigenvalue weighted by Crippen LogP contribution is 2.33. The van der Waals surface area contributed by atoms with Crippen molar-refractivity contribution in [2.45, 2.75) is 37.8 Å². The van der Waals surface area contributed by atoms with E-state index in [1.807, 2.05) is 6.07 Å². The monoisotopic (exact) mass is 378 g/mol. The SMILES string of the molecule is O=C(CCC(F)(F)F)N1CCCC(c2[nH]ncc3nnc4nccc4c23)C1. The van der Waals surface area contributed by atoms with Gasteiger partial charge in [-0.05, 0) is 18.9 Å². The van der Waals surface area contributed by atoms with Gasteiger partial charge in [0, 0.05) is 48.1 Å². The van der Waals surface area contributed by atoms with Crippen molar-refractivity contribution in [3.63, 3.8) is 0 Å². The third-order valence-electron chi connectivity index (χ3n) is 4.90. The number of rotatable bonds is 3. The zero-order valence-corrected chi connectivity index (χ0v) is 14.3. The molecule has 1 aliphatic heterocycles. The number of fused-ring (bicyclic) bond motifs is 3. The maximum atomic E-state index is 12.4. The number of carbonyl (C=O) groups excluding carboxylic acids is 1. The second-order valence-electron chi connectivity index (χ2n) is 6.72. The van der Waals surface area contributed by atoms with Crippen LogP contribution >= 0.6 is 0 Å². The summed E-state index contributed by atoms with van der Waals surface area (Å²) in [5.41, 5.74) is 1.95. The number of aromatic nitrogens is 5. The first-order chi connectivity index (χ1) is 12.9. The molecular formula is C17H17F3N6O. The van der Waals surface area contributed by atoms with Gasteiger partial charge in [-0.2, -0.15) is 18.3 Å². The molecule has 4 heterocycles. The average Bonchev–Trinajstić information content (AvgIpc) is 3.14. The number of likely N-dealkylation sites (tertiary alicyclic amines) is 1. The van der Waals surface area contributed by atoms with Crippen LogP contribution in [0.3, 0.4) is 0 Å². The van der Waals surface area contributed by atoms with Gasteiger partial charge in [0.05, 0.1) is 12.6 Å². The summed E-state index contributed by atoms with van der Waals surface area (Å²) in [6.45, 7) is 0.824. The lowest BCUT2D eigenvalue weighted by Crippen LogP contribution is -2.39. The Kier molecular flexibility index (Phi) is 4.40. The lowest BCUT2D eigenvalue weighted by molar-refractivity contribution is -0.149. The summed E-state index contributed by atoms with van der Waals surface area (Å²) in [6.07, 6.45) is -1.19. The van der Waals surface area contributed by atoms with Crippen molar-refractivity contribution in [2.75, 3.05) is 13.1 Å². The van der Waals surface area contributed by atoms with E-state index in [1.165, 1.54) is 4.90 Å². The number of H-pyrrole nitrogens is 1. The molecule has 1 aliphatic rings. The van der Waals surface area contributed by atoms with Crippen LogP contribution in [0.1, 0.15) is 37.3 Å². The molecule has 1 unspecified atom stereocenters. The van der Waals surface area contributed by atoms with E-state index in [4.69, 9.17) is 0 Å². The molecule has 7 nitrogen and oxygen atoms in total. The number of nitrogens with one attached hydrogen (secondary N) is 1. The van der Waals surface area contributed by atoms with Crippen molar-refractivity contribution in [3.8, 4) is 0 Å². The van der Waals surface area contributed by atoms with Crippen LogP contribution in [0.5, 0.6) is 0 Å². The van der Waals surface area contributed by atoms with E-state index in [0.29, 0.717) is 30.7 Å². The summed E-state index contributed by atoms with van der Waals surface area (Å²) >= 11 is 0. The normalized spacial score (nSPS) is 18.3. The van der Waals surface area contributed by atoms with Crippen molar-refractivity contribution in [1.29, 1.82) is 0 Å². The molecule has 142 valence electrons. The predicted molar refractivity (Wildman–Crippen MR) is 90.8 cm³/mol. The van der Waals surface area contributed by atoms with E-state index in [2.05, 4.69) is 25.4 Å². The minimum Gasteiger partial charge on any atom is -0.342 e. The zero-order valence-electron chi connectivity index (χ0n) is 14.3. The molecule has 0 bridgehead atoms. The molecule has 1 amide bonds. The number of alkyl halides is 3. The van der Waals surface area contributed by atoms with Gasteiger partial charge in [-0.3, -0.25) is 9.89 Å². The van der Waals surface area contributed by atoms with E-state index in [-0.39, 0.29) is 5.92 Å². The Bertz CT molecular complexity index is 986. The first-order valence-corrected chi connectivity index (χ1v) is 8.71.